The van der Waals surface area contributed by atoms with Crippen molar-refractivity contribution in [1.82, 2.24) is 0 Å². The highest BCUT2D eigenvalue weighted by atomic mass is 16.6. The second-order valence-electron chi connectivity index (χ2n) is 5.95. The number of esters is 1. The second-order valence-corrected chi connectivity index (χ2v) is 5.95. The first-order valence-electron chi connectivity index (χ1n) is 6.73. The largest absolute Gasteiger partial charge is 0.460 e. The molecule has 0 heterocycles. The fourth-order valence-electron chi connectivity index (χ4n) is 1.85. The quantitative estimate of drug-likeness (QED) is 0.843. The molecule has 0 aliphatic heterocycles. The number of hydrogen-bond donors (Lipinski definition) is 1. The molecule has 1 aromatic rings. The van der Waals surface area contributed by atoms with Crippen molar-refractivity contribution in [2.75, 3.05) is 7.11 Å². The smallest absolute Gasteiger partial charge is 0.312 e. The Bertz CT molecular complexity index is 448. The zero-order chi connectivity index (χ0) is 15.3. The predicted molar refractivity (Wildman–Crippen MR) is 77.1 cm³/mol. The molecule has 112 valence electrons. The molecule has 0 fully saturated rings. The van der Waals surface area contributed by atoms with E-state index < -0.39 is 23.6 Å². The third-order valence-corrected chi connectivity index (χ3v) is 2.86. The van der Waals surface area contributed by atoms with Crippen LogP contribution in [-0.4, -0.2) is 23.8 Å². The van der Waals surface area contributed by atoms with Gasteiger partial charge in [0.05, 0.1) is 18.6 Å². The fourth-order valence-corrected chi connectivity index (χ4v) is 1.85. The highest BCUT2D eigenvalue weighted by Crippen LogP contribution is 2.25. The van der Waals surface area contributed by atoms with Crippen molar-refractivity contribution in [3.8, 4) is 0 Å². The number of aliphatic hydroxyl groups excluding tert-OH is 1. The zero-order valence-corrected chi connectivity index (χ0v) is 12.8. The van der Waals surface area contributed by atoms with Gasteiger partial charge < -0.3 is 14.6 Å². The van der Waals surface area contributed by atoms with Crippen LogP contribution in [0.2, 0.25) is 0 Å². The number of hydrogen-bond acceptors (Lipinski definition) is 4. The van der Waals surface area contributed by atoms with E-state index in [-0.39, 0.29) is 0 Å². The highest BCUT2D eigenvalue weighted by molar-refractivity contribution is 5.73. The highest BCUT2D eigenvalue weighted by Gasteiger charge is 2.28. The molecular weight excluding hydrogens is 256 g/mol. The SMILES string of the molecule is COCc1cccc(C(O)C(C)C(=O)OC(C)(C)C)c1. The number of benzene rings is 1. The first kappa shape index (κ1) is 16.7. The van der Waals surface area contributed by atoms with E-state index in [0.717, 1.165) is 5.56 Å². The molecule has 0 radical (unpaired) electrons. The molecule has 0 amide bonds. The van der Waals surface area contributed by atoms with E-state index in [4.69, 9.17) is 9.47 Å². The summed E-state index contributed by atoms with van der Waals surface area (Å²) < 4.78 is 10.4. The standard InChI is InChI=1S/C16H24O4/c1-11(15(18)20-16(2,3)4)14(17)13-8-6-7-12(9-13)10-19-5/h6-9,11,14,17H,10H2,1-5H3. The number of aliphatic hydroxyl groups is 1. The van der Waals surface area contributed by atoms with Crippen LogP contribution in [0.15, 0.2) is 24.3 Å². The lowest BCUT2D eigenvalue weighted by Crippen LogP contribution is -2.30. The lowest BCUT2D eigenvalue weighted by molar-refractivity contribution is -0.163. The Morgan fingerprint density at radius 3 is 2.55 bits per heavy atom. The minimum absolute atomic E-state index is 0.401. The van der Waals surface area contributed by atoms with E-state index in [1.807, 2.05) is 39.0 Å². The molecule has 1 N–H and O–H groups in total. The molecule has 0 bridgehead atoms. The average Bonchev–Trinajstić information content (AvgIpc) is 2.35. The van der Waals surface area contributed by atoms with Crippen LogP contribution in [0.1, 0.15) is 44.9 Å². The van der Waals surface area contributed by atoms with Crippen molar-refractivity contribution in [3.63, 3.8) is 0 Å². The first-order chi connectivity index (χ1) is 9.24. The van der Waals surface area contributed by atoms with Crippen LogP contribution < -0.4 is 0 Å². The van der Waals surface area contributed by atoms with Crippen molar-refractivity contribution < 1.29 is 19.4 Å². The Hall–Kier alpha value is -1.39. The van der Waals surface area contributed by atoms with Gasteiger partial charge >= 0.3 is 5.97 Å². The van der Waals surface area contributed by atoms with Crippen LogP contribution in [0.4, 0.5) is 0 Å². The average molecular weight is 280 g/mol. The van der Waals surface area contributed by atoms with E-state index in [1.165, 1.54) is 0 Å². The molecule has 4 heteroatoms. The maximum absolute atomic E-state index is 12.0. The molecule has 0 saturated heterocycles. The van der Waals surface area contributed by atoms with Gasteiger partial charge in [-0.05, 0) is 38.8 Å². The van der Waals surface area contributed by atoms with Gasteiger partial charge in [0, 0.05) is 7.11 Å². The molecule has 0 aromatic heterocycles. The summed E-state index contributed by atoms with van der Waals surface area (Å²) in [6, 6.07) is 7.40. The maximum atomic E-state index is 12.0. The minimum atomic E-state index is -0.887. The van der Waals surface area contributed by atoms with Crippen molar-refractivity contribution in [1.29, 1.82) is 0 Å². The molecular formula is C16H24O4. The van der Waals surface area contributed by atoms with E-state index in [1.54, 1.807) is 20.1 Å². The molecule has 4 nitrogen and oxygen atoms in total. The summed E-state index contributed by atoms with van der Waals surface area (Å²) in [6.45, 7) is 7.57. The van der Waals surface area contributed by atoms with Crippen LogP contribution >= 0.6 is 0 Å². The Morgan fingerprint density at radius 2 is 2.00 bits per heavy atom. The summed E-state index contributed by atoms with van der Waals surface area (Å²) in [4.78, 5) is 12.0. The first-order valence-corrected chi connectivity index (χ1v) is 6.73. The van der Waals surface area contributed by atoms with Crippen molar-refractivity contribution in [2.24, 2.45) is 5.92 Å². The van der Waals surface area contributed by atoms with Crippen molar-refractivity contribution >= 4 is 5.97 Å². The van der Waals surface area contributed by atoms with Gasteiger partial charge in [-0.25, -0.2) is 0 Å². The normalized spacial score (nSPS) is 14.7. The van der Waals surface area contributed by atoms with E-state index >= 15 is 0 Å². The van der Waals surface area contributed by atoms with Crippen LogP contribution in [0, 0.1) is 5.92 Å². The summed E-state index contributed by atoms with van der Waals surface area (Å²) in [6.07, 6.45) is -0.887. The molecule has 1 rings (SSSR count). The molecule has 1 aromatic carbocycles. The van der Waals surface area contributed by atoms with Gasteiger partial charge in [-0.1, -0.05) is 24.3 Å². The Labute approximate surface area is 120 Å². The predicted octanol–water partition coefficient (Wildman–Crippen LogP) is 2.84. The summed E-state index contributed by atoms with van der Waals surface area (Å²) in [5, 5.41) is 10.3. The zero-order valence-electron chi connectivity index (χ0n) is 12.8. The molecule has 0 aliphatic rings. The summed E-state index contributed by atoms with van der Waals surface area (Å²) in [5.74, 6) is -1.02. The number of ether oxygens (including phenoxy) is 2. The van der Waals surface area contributed by atoms with Gasteiger partial charge in [0.1, 0.15) is 5.60 Å². The lowest BCUT2D eigenvalue weighted by atomic mass is 9.96. The van der Waals surface area contributed by atoms with E-state index in [2.05, 4.69) is 0 Å². The molecule has 0 spiro atoms. The van der Waals surface area contributed by atoms with Gasteiger partial charge in [-0.2, -0.15) is 0 Å². The molecule has 0 saturated carbocycles. The summed E-state index contributed by atoms with van der Waals surface area (Å²) in [7, 11) is 1.62. The van der Waals surface area contributed by atoms with E-state index in [9.17, 15) is 9.90 Å². The third-order valence-electron chi connectivity index (χ3n) is 2.86. The third kappa shape index (κ3) is 4.94. The second kappa shape index (κ2) is 6.86. The summed E-state index contributed by atoms with van der Waals surface area (Å²) in [5.41, 5.74) is 1.10. The molecule has 20 heavy (non-hydrogen) atoms. The molecule has 2 atom stereocenters. The number of methoxy groups -OCH3 is 1. The molecule has 0 aliphatic carbocycles. The Morgan fingerprint density at radius 1 is 1.35 bits per heavy atom. The Balaban J connectivity index is 2.80. The Kier molecular flexibility index (Phi) is 5.72. The van der Waals surface area contributed by atoms with Gasteiger partial charge in [-0.15, -0.1) is 0 Å². The summed E-state index contributed by atoms with van der Waals surface area (Å²) >= 11 is 0. The van der Waals surface area contributed by atoms with Crippen molar-refractivity contribution in [2.45, 2.75) is 46.0 Å². The van der Waals surface area contributed by atoms with Gasteiger partial charge in [-0.3, -0.25) is 4.79 Å². The van der Waals surface area contributed by atoms with Crippen LogP contribution in [0.5, 0.6) is 0 Å². The fraction of sp³-hybridized carbons (Fsp3) is 0.562. The minimum Gasteiger partial charge on any atom is -0.460 e. The van der Waals surface area contributed by atoms with Crippen molar-refractivity contribution in [3.05, 3.63) is 35.4 Å². The van der Waals surface area contributed by atoms with Crippen LogP contribution in [-0.2, 0) is 20.9 Å². The maximum Gasteiger partial charge on any atom is 0.312 e. The molecule has 2 unspecified atom stereocenters. The van der Waals surface area contributed by atoms with E-state index in [0.29, 0.717) is 12.2 Å². The lowest BCUT2D eigenvalue weighted by Gasteiger charge is -2.25. The van der Waals surface area contributed by atoms with Gasteiger partial charge in [0.2, 0.25) is 0 Å². The number of carbonyl (C=O) groups excluding carboxylic acids is 1. The van der Waals surface area contributed by atoms with Gasteiger partial charge in [0.25, 0.3) is 0 Å². The topological polar surface area (TPSA) is 55.8 Å². The number of carbonyl (C=O) groups is 1. The van der Waals surface area contributed by atoms with Crippen LogP contribution in [0.25, 0.3) is 0 Å². The number of rotatable bonds is 5. The van der Waals surface area contributed by atoms with Crippen LogP contribution in [0.3, 0.4) is 0 Å². The van der Waals surface area contributed by atoms with Gasteiger partial charge in [0.15, 0.2) is 0 Å². The monoisotopic (exact) mass is 280 g/mol.